The lowest BCUT2D eigenvalue weighted by Crippen LogP contribution is -2.59. The minimum absolute atomic E-state index is 0.0728. The van der Waals surface area contributed by atoms with Crippen molar-refractivity contribution in [2.75, 3.05) is 6.61 Å². The van der Waals surface area contributed by atoms with Gasteiger partial charge in [0, 0.05) is 18.3 Å². The number of aliphatic hydroxyl groups excluding tert-OH is 1. The summed E-state index contributed by atoms with van der Waals surface area (Å²) < 4.78 is 0. The first kappa shape index (κ1) is 26.5. The Balaban J connectivity index is 2.82. The van der Waals surface area contributed by atoms with Gasteiger partial charge in [0.25, 0.3) is 0 Å². The van der Waals surface area contributed by atoms with Gasteiger partial charge in [-0.3, -0.25) is 19.2 Å². The SMILES string of the molecule is CC(C)C(NC(=O)C(CO)NC(=O)C(N)CC(=O)O)C(=O)NC(Cc1cnc[nH]1)C(=O)O. The van der Waals surface area contributed by atoms with Crippen LogP contribution in [-0.2, 0) is 30.4 Å². The molecule has 14 heteroatoms. The lowest BCUT2D eigenvalue weighted by atomic mass is 10.0. The molecule has 32 heavy (non-hydrogen) atoms. The molecule has 0 fully saturated rings. The molecule has 0 aliphatic rings. The van der Waals surface area contributed by atoms with Gasteiger partial charge in [0.1, 0.15) is 18.1 Å². The molecule has 3 amide bonds. The molecule has 0 saturated carbocycles. The molecule has 0 aliphatic carbocycles. The number of carbonyl (C=O) groups excluding carboxylic acids is 3. The Labute approximate surface area is 183 Å². The predicted octanol–water partition coefficient (Wildman–Crippen LogP) is -3.06. The van der Waals surface area contributed by atoms with Gasteiger partial charge in [-0.1, -0.05) is 13.8 Å². The van der Waals surface area contributed by atoms with E-state index in [-0.39, 0.29) is 6.42 Å². The summed E-state index contributed by atoms with van der Waals surface area (Å²) in [5.74, 6) is -5.79. The predicted molar refractivity (Wildman–Crippen MR) is 108 cm³/mol. The van der Waals surface area contributed by atoms with Crippen LogP contribution in [-0.4, -0.2) is 85.7 Å². The summed E-state index contributed by atoms with van der Waals surface area (Å²) in [6.45, 7) is 2.36. The number of nitrogens with two attached hydrogens (primary N) is 1. The lowest BCUT2D eigenvalue weighted by Gasteiger charge is -2.26. The summed E-state index contributed by atoms with van der Waals surface area (Å²) in [6, 6.07) is -5.44. The van der Waals surface area contributed by atoms with Crippen LogP contribution in [0.1, 0.15) is 26.0 Å². The van der Waals surface area contributed by atoms with Crippen molar-refractivity contribution in [3.8, 4) is 0 Å². The second-order valence-electron chi connectivity index (χ2n) is 7.36. The number of aliphatic hydroxyl groups is 1. The fourth-order valence-corrected chi connectivity index (χ4v) is 2.62. The van der Waals surface area contributed by atoms with Crippen molar-refractivity contribution >= 4 is 29.7 Å². The Hall–Kier alpha value is -3.52. The number of nitrogens with one attached hydrogen (secondary N) is 4. The number of carboxylic acids is 2. The molecule has 178 valence electrons. The quantitative estimate of drug-likeness (QED) is 0.149. The maximum absolute atomic E-state index is 12.7. The van der Waals surface area contributed by atoms with E-state index in [0.29, 0.717) is 5.69 Å². The number of aromatic nitrogens is 2. The summed E-state index contributed by atoms with van der Waals surface area (Å²) in [5.41, 5.74) is 5.90. The Bertz CT molecular complexity index is 812. The summed E-state index contributed by atoms with van der Waals surface area (Å²) >= 11 is 0. The summed E-state index contributed by atoms with van der Waals surface area (Å²) in [5, 5.41) is 34.3. The number of H-pyrrole nitrogens is 1. The van der Waals surface area contributed by atoms with Gasteiger partial charge in [-0.15, -0.1) is 0 Å². The van der Waals surface area contributed by atoms with E-state index >= 15 is 0 Å². The van der Waals surface area contributed by atoms with Crippen LogP contribution >= 0.6 is 0 Å². The van der Waals surface area contributed by atoms with Gasteiger partial charge in [0.05, 0.1) is 25.4 Å². The summed E-state index contributed by atoms with van der Waals surface area (Å²) in [7, 11) is 0. The Morgan fingerprint density at radius 2 is 1.66 bits per heavy atom. The maximum atomic E-state index is 12.7. The second-order valence-corrected chi connectivity index (χ2v) is 7.36. The molecule has 14 nitrogen and oxygen atoms in total. The van der Waals surface area contributed by atoms with Gasteiger partial charge in [0.15, 0.2) is 0 Å². The number of hydrogen-bond donors (Lipinski definition) is 8. The van der Waals surface area contributed by atoms with E-state index in [1.54, 1.807) is 13.8 Å². The van der Waals surface area contributed by atoms with Crippen molar-refractivity contribution in [1.29, 1.82) is 0 Å². The normalized spacial score (nSPS) is 14.7. The molecule has 0 spiro atoms. The zero-order valence-electron chi connectivity index (χ0n) is 17.6. The number of carbonyl (C=O) groups is 5. The van der Waals surface area contributed by atoms with Crippen LogP contribution in [0, 0.1) is 5.92 Å². The highest BCUT2D eigenvalue weighted by molar-refractivity contribution is 5.94. The molecule has 0 aliphatic heterocycles. The third-order valence-electron chi connectivity index (χ3n) is 4.39. The fraction of sp³-hybridized carbons (Fsp3) is 0.556. The highest BCUT2D eigenvalue weighted by atomic mass is 16.4. The van der Waals surface area contributed by atoms with Crippen LogP contribution in [0.3, 0.4) is 0 Å². The van der Waals surface area contributed by atoms with Gasteiger partial charge in [0.2, 0.25) is 17.7 Å². The molecular weight excluding hydrogens is 428 g/mol. The summed E-state index contributed by atoms with van der Waals surface area (Å²) in [4.78, 5) is 65.8. The van der Waals surface area contributed by atoms with E-state index in [1.165, 1.54) is 12.5 Å². The van der Waals surface area contributed by atoms with Crippen LogP contribution in [0.25, 0.3) is 0 Å². The zero-order valence-corrected chi connectivity index (χ0v) is 17.6. The molecule has 1 aromatic heterocycles. The number of hydrogen-bond acceptors (Lipinski definition) is 8. The Kier molecular flexibility index (Phi) is 10.2. The van der Waals surface area contributed by atoms with Crippen molar-refractivity contribution < 1.29 is 39.3 Å². The van der Waals surface area contributed by atoms with Crippen LogP contribution in [0.2, 0.25) is 0 Å². The van der Waals surface area contributed by atoms with Crippen molar-refractivity contribution in [2.24, 2.45) is 11.7 Å². The fourth-order valence-electron chi connectivity index (χ4n) is 2.62. The third kappa shape index (κ3) is 8.31. The number of amides is 3. The number of carboxylic acid groups (broad SMARTS) is 2. The number of nitrogens with zero attached hydrogens (tertiary/aromatic N) is 1. The van der Waals surface area contributed by atoms with Crippen molar-refractivity contribution in [3.05, 3.63) is 18.2 Å². The minimum atomic E-state index is -1.50. The topological polar surface area (TPSA) is 237 Å². The molecule has 0 radical (unpaired) electrons. The molecule has 4 atom stereocenters. The lowest BCUT2D eigenvalue weighted by molar-refractivity contribution is -0.142. The summed E-state index contributed by atoms with van der Waals surface area (Å²) in [6.07, 6.45) is 2.01. The zero-order chi connectivity index (χ0) is 24.4. The molecule has 0 bridgehead atoms. The molecule has 1 aromatic rings. The molecular formula is C18H28N6O8. The Morgan fingerprint density at radius 3 is 2.12 bits per heavy atom. The van der Waals surface area contributed by atoms with Crippen molar-refractivity contribution in [1.82, 2.24) is 25.9 Å². The smallest absolute Gasteiger partial charge is 0.326 e. The second kappa shape index (κ2) is 12.4. The van der Waals surface area contributed by atoms with Crippen molar-refractivity contribution in [2.45, 2.75) is 50.9 Å². The average Bonchev–Trinajstić information content (AvgIpc) is 3.21. The third-order valence-corrected chi connectivity index (χ3v) is 4.39. The first-order valence-electron chi connectivity index (χ1n) is 9.65. The van der Waals surface area contributed by atoms with E-state index in [4.69, 9.17) is 10.8 Å². The van der Waals surface area contributed by atoms with Gasteiger partial charge >= 0.3 is 11.9 Å². The standard InChI is InChI=1S/C18H28N6O8/c1-8(2)14(17(30)22-11(18(31)32)3-9-5-20-7-21-9)24-16(29)12(6-25)23-15(28)10(19)4-13(26)27/h5,7-8,10-12,14,25H,3-4,6,19H2,1-2H3,(H,20,21)(H,22,30)(H,23,28)(H,24,29)(H,26,27)(H,31,32). The van der Waals surface area contributed by atoms with Crippen LogP contribution in [0.4, 0.5) is 0 Å². The van der Waals surface area contributed by atoms with E-state index in [9.17, 15) is 34.2 Å². The minimum Gasteiger partial charge on any atom is -0.481 e. The molecule has 9 N–H and O–H groups in total. The van der Waals surface area contributed by atoms with E-state index in [1.807, 2.05) is 0 Å². The van der Waals surface area contributed by atoms with Crippen LogP contribution in [0.5, 0.6) is 0 Å². The number of rotatable bonds is 13. The van der Waals surface area contributed by atoms with Crippen LogP contribution in [0.15, 0.2) is 12.5 Å². The molecule has 0 saturated heterocycles. The van der Waals surface area contributed by atoms with Gasteiger partial charge < -0.3 is 42.0 Å². The van der Waals surface area contributed by atoms with E-state index < -0.39 is 72.8 Å². The first-order chi connectivity index (χ1) is 15.0. The van der Waals surface area contributed by atoms with Gasteiger partial charge in [-0.2, -0.15) is 0 Å². The van der Waals surface area contributed by atoms with Crippen molar-refractivity contribution in [3.63, 3.8) is 0 Å². The molecule has 1 heterocycles. The largest absolute Gasteiger partial charge is 0.481 e. The van der Waals surface area contributed by atoms with Gasteiger partial charge in [-0.25, -0.2) is 9.78 Å². The Morgan fingerprint density at radius 1 is 1.03 bits per heavy atom. The number of aromatic amines is 1. The average molecular weight is 456 g/mol. The van der Waals surface area contributed by atoms with E-state index in [2.05, 4.69) is 25.9 Å². The highest BCUT2D eigenvalue weighted by Crippen LogP contribution is 2.06. The van der Waals surface area contributed by atoms with Gasteiger partial charge in [-0.05, 0) is 5.92 Å². The monoisotopic (exact) mass is 456 g/mol. The maximum Gasteiger partial charge on any atom is 0.326 e. The van der Waals surface area contributed by atoms with E-state index in [0.717, 1.165) is 0 Å². The molecule has 0 aromatic carbocycles. The highest BCUT2D eigenvalue weighted by Gasteiger charge is 2.32. The van der Waals surface area contributed by atoms with Crippen LogP contribution < -0.4 is 21.7 Å². The number of imidazole rings is 1. The first-order valence-corrected chi connectivity index (χ1v) is 9.65. The number of aliphatic carboxylic acids is 2. The molecule has 4 unspecified atom stereocenters. The molecule has 1 rings (SSSR count).